The van der Waals surface area contributed by atoms with Crippen LogP contribution in [0.5, 0.6) is 0 Å². The Morgan fingerprint density at radius 1 is 1.09 bits per heavy atom. The number of piperazine rings is 1. The molecule has 2 aromatic carbocycles. The number of carbonyl (C=O) groups excluding carboxylic acids is 1. The van der Waals surface area contributed by atoms with Gasteiger partial charge in [0.05, 0.1) is 17.0 Å². The summed E-state index contributed by atoms with van der Waals surface area (Å²) in [6, 6.07) is 13.1. The predicted molar refractivity (Wildman–Crippen MR) is 171 cm³/mol. The van der Waals surface area contributed by atoms with E-state index in [0.717, 1.165) is 42.0 Å². The Morgan fingerprint density at radius 2 is 1.79 bits per heavy atom. The number of nitrogens with zero attached hydrogens (tertiary/aromatic N) is 4. The van der Waals surface area contributed by atoms with Gasteiger partial charge in [0, 0.05) is 62.6 Å². The molecule has 10 heteroatoms. The van der Waals surface area contributed by atoms with Gasteiger partial charge in [0.25, 0.3) is 5.91 Å². The number of nitriles is 1. The molecule has 0 bridgehead atoms. The number of para-hydroxylation sites is 1. The predicted octanol–water partition coefficient (Wildman–Crippen LogP) is 4.02. The van der Waals surface area contributed by atoms with Crippen LogP contribution in [0.2, 0.25) is 0 Å². The summed E-state index contributed by atoms with van der Waals surface area (Å²) in [5.74, 6) is 2.80. The number of carbonyl (C=O) groups is 1. The molecule has 0 aliphatic carbocycles. The van der Waals surface area contributed by atoms with Gasteiger partial charge in [-0.2, -0.15) is 5.26 Å². The second-order valence-electron chi connectivity index (χ2n) is 11.2. The summed E-state index contributed by atoms with van der Waals surface area (Å²) in [5, 5.41) is 18.7. The van der Waals surface area contributed by atoms with Crippen molar-refractivity contribution >= 4 is 27.3 Å². The summed E-state index contributed by atoms with van der Waals surface area (Å²) in [4.78, 5) is 19.8. The number of anilines is 2. The van der Waals surface area contributed by atoms with Crippen molar-refractivity contribution in [3.8, 4) is 18.4 Å². The van der Waals surface area contributed by atoms with Gasteiger partial charge in [0.1, 0.15) is 11.0 Å². The number of hydrogen-bond donors (Lipinski definition) is 2. The zero-order chi connectivity index (χ0) is 31.3. The van der Waals surface area contributed by atoms with Crippen LogP contribution in [-0.4, -0.2) is 69.4 Å². The van der Waals surface area contributed by atoms with Crippen LogP contribution in [0.15, 0.2) is 64.7 Å². The Hall–Kier alpha value is -4.25. The van der Waals surface area contributed by atoms with E-state index in [1.54, 1.807) is 30.4 Å². The van der Waals surface area contributed by atoms with Gasteiger partial charge in [-0.1, -0.05) is 37.1 Å². The molecule has 0 saturated carbocycles. The topological polar surface area (TPSA) is 123 Å². The molecule has 226 valence electrons. The first-order valence-corrected chi connectivity index (χ1v) is 16.0. The highest BCUT2D eigenvalue weighted by Gasteiger charge is 2.30. The van der Waals surface area contributed by atoms with E-state index in [4.69, 9.17) is 11.6 Å². The Labute approximate surface area is 255 Å². The largest absolute Gasteiger partial charge is 0.382 e. The normalized spacial score (nSPS) is 19.9. The molecule has 2 heterocycles. The molecule has 0 aromatic heterocycles. The van der Waals surface area contributed by atoms with E-state index >= 15 is 0 Å². The number of terminal acetylenes is 1. The van der Waals surface area contributed by atoms with Gasteiger partial charge in [-0.25, -0.2) is 13.6 Å². The summed E-state index contributed by atoms with van der Waals surface area (Å²) in [6.07, 6.45) is 9.87. The summed E-state index contributed by atoms with van der Waals surface area (Å²) < 4.78 is 24.2. The van der Waals surface area contributed by atoms with Crippen molar-refractivity contribution in [2.45, 2.75) is 45.1 Å². The zero-order valence-corrected chi connectivity index (χ0v) is 26.1. The van der Waals surface area contributed by atoms with Gasteiger partial charge < -0.3 is 20.0 Å². The number of primary sulfonamides is 1. The Kier molecular flexibility index (Phi) is 9.85. The summed E-state index contributed by atoms with van der Waals surface area (Å²) in [6.45, 7) is 11.5. The highest BCUT2D eigenvalue weighted by atomic mass is 32.2. The van der Waals surface area contributed by atoms with E-state index in [-0.39, 0.29) is 22.8 Å². The molecule has 2 atom stereocenters. The SMILES string of the molecule is C#C/C=C(\C(C#N)=C/C)N1CCC(Nc2cc(C(=O)N3CCN(c4ccccc4S(N)(=O)=O)CC3)c(C)cc2C)C(C)C1. The maximum Gasteiger partial charge on any atom is 0.254 e. The number of likely N-dealkylation sites (tertiary alicyclic amines) is 1. The number of hydrogen-bond acceptors (Lipinski definition) is 7. The summed E-state index contributed by atoms with van der Waals surface area (Å²) >= 11 is 0. The highest BCUT2D eigenvalue weighted by molar-refractivity contribution is 7.89. The molecular weight excluding hydrogens is 560 g/mol. The molecule has 2 fully saturated rings. The van der Waals surface area contributed by atoms with Crippen LogP contribution < -0.4 is 15.4 Å². The highest BCUT2D eigenvalue weighted by Crippen LogP contribution is 2.30. The molecule has 3 N–H and O–H groups in total. The third kappa shape index (κ3) is 7.05. The number of rotatable bonds is 7. The Balaban J connectivity index is 1.45. The second kappa shape index (κ2) is 13.4. The number of piperidine rings is 1. The standard InChI is InChI=1S/C33H40N6O3S/c1-6-10-30(26(7-2)21-34)39-14-13-28(25(5)22-39)36-29-20-27(23(3)19-24(29)4)33(40)38-17-15-37(16-18-38)31-11-8-9-12-32(31)43(35,41)42/h1,7-12,19-20,25,28,36H,13-18,22H2,2-5H3,(H2,35,41,42)/b26-7-,30-10+. The minimum atomic E-state index is -3.86. The zero-order valence-electron chi connectivity index (χ0n) is 25.3. The van der Waals surface area contributed by atoms with Crippen molar-refractivity contribution in [2.24, 2.45) is 11.1 Å². The van der Waals surface area contributed by atoms with Crippen LogP contribution in [0.25, 0.3) is 0 Å². The van der Waals surface area contributed by atoms with Gasteiger partial charge in [-0.3, -0.25) is 4.79 Å². The number of benzene rings is 2. The maximum absolute atomic E-state index is 13.7. The van der Waals surface area contributed by atoms with E-state index in [1.165, 1.54) is 6.07 Å². The van der Waals surface area contributed by atoms with Gasteiger partial charge in [0.2, 0.25) is 10.0 Å². The molecule has 0 radical (unpaired) electrons. The minimum Gasteiger partial charge on any atom is -0.382 e. The van der Waals surface area contributed by atoms with E-state index in [1.807, 2.05) is 42.7 Å². The fourth-order valence-electron chi connectivity index (χ4n) is 5.98. The number of amides is 1. The van der Waals surface area contributed by atoms with Crippen molar-refractivity contribution < 1.29 is 13.2 Å². The molecule has 4 rings (SSSR count). The van der Waals surface area contributed by atoms with E-state index in [2.05, 4.69) is 29.1 Å². The Morgan fingerprint density at radius 3 is 2.40 bits per heavy atom. The summed E-state index contributed by atoms with van der Waals surface area (Å²) in [5.41, 5.74) is 5.49. The van der Waals surface area contributed by atoms with Crippen molar-refractivity contribution in [1.82, 2.24) is 9.80 Å². The first-order valence-electron chi connectivity index (χ1n) is 14.5. The molecular formula is C33H40N6O3S. The fourth-order valence-corrected chi connectivity index (χ4v) is 6.74. The average Bonchev–Trinajstić information content (AvgIpc) is 2.99. The third-order valence-corrected chi connectivity index (χ3v) is 9.33. The third-order valence-electron chi connectivity index (χ3n) is 8.37. The maximum atomic E-state index is 13.7. The van der Waals surface area contributed by atoms with E-state index < -0.39 is 10.0 Å². The van der Waals surface area contributed by atoms with Crippen LogP contribution in [0.3, 0.4) is 0 Å². The monoisotopic (exact) mass is 600 g/mol. The van der Waals surface area contributed by atoms with Gasteiger partial charge in [0.15, 0.2) is 0 Å². The summed E-state index contributed by atoms with van der Waals surface area (Å²) in [7, 11) is -3.86. The van der Waals surface area contributed by atoms with Crippen molar-refractivity contribution in [1.29, 1.82) is 5.26 Å². The van der Waals surface area contributed by atoms with E-state index in [0.29, 0.717) is 43.0 Å². The lowest BCUT2D eigenvalue weighted by molar-refractivity contribution is 0.0746. The molecule has 9 nitrogen and oxygen atoms in total. The van der Waals surface area contributed by atoms with Gasteiger partial charge >= 0.3 is 0 Å². The Bertz CT molecular complexity index is 1620. The second-order valence-corrected chi connectivity index (χ2v) is 12.8. The molecule has 2 aliphatic rings. The minimum absolute atomic E-state index is 0.0396. The van der Waals surface area contributed by atoms with Crippen LogP contribution in [-0.2, 0) is 10.0 Å². The van der Waals surface area contributed by atoms with Crippen molar-refractivity contribution in [2.75, 3.05) is 49.5 Å². The molecule has 2 aliphatic heterocycles. The van der Waals surface area contributed by atoms with Crippen molar-refractivity contribution in [3.63, 3.8) is 0 Å². The fraction of sp³-hybridized carbons (Fsp3) is 0.394. The molecule has 1 amide bonds. The lowest BCUT2D eigenvalue weighted by Crippen LogP contribution is -2.49. The average molecular weight is 601 g/mol. The quantitative estimate of drug-likeness (QED) is 0.280. The van der Waals surface area contributed by atoms with Crippen LogP contribution >= 0.6 is 0 Å². The molecule has 0 spiro atoms. The van der Waals surface area contributed by atoms with Gasteiger partial charge in [-0.15, -0.1) is 6.42 Å². The first-order chi connectivity index (χ1) is 20.5. The number of nitrogens with two attached hydrogens (primary N) is 1. The molecule has 2 unspecified atom stereocenters. The lowest BCUT2D eigenvalue weighted by Gasteiger charge is -2.40. The van der Waals surface area contributed by atoms with Crippen LogP contribution in [0.1, 0.15) is 41.8 Å². The van der Waals surface area contributed by atoms with Gasteiger partial charge in [-0.05, 0) is 62.4 Å². The number of allylic oxidation sites excluding steroid dienone is 3. The lowest BCUT2D eigenvalue weighted by atomic mass is 9.91. The number of sulfonamides is 1. The molecule has 2 aromatic rings. The van der Waals surface area contributed by atoms with E-state index in [9.17, 15) is 18.5 Å². The molecule has 2 saturated heterocycles. The number of aryl methyl sites for hydroxylation is 2. The molecule has 43 heavy (non-hydrogen) atoms. The number of nitrogens with one attached hydrogen (secondary N) is 1. The van der Waals surface area contributed by atoms with Crippen LogP contribution in [0, 0.1) is 43.4 Å². The van der Waals surface area contributed by atoms with Crippen molar-refractivity contribution in [3.05, 3.63) is 76.5 Å². The first kappa shape index (κ1) is 31.7. The smallest absolute Gasteiger partial charge is 0.254 e. The van der Waals surface area contributed by atoms with Crippen LogP contribution in [0.4, 0.5) is 11.4 Å².